The Hall–Kier alpha value is -2.64. The van der Waals surface area contributed by atoms with Crippen LogP contribution in [0.25, 0.3) is 16.6 Å². The molecule has 1 saturated heterocycles. The fourth-order valence-electron chi connectivity index (χ4n) is 3.13. The highest BCUT2D eigenvalue weighted by Gasteiger charge is 2.33. The molecule has 0 N–H and O–H groups in total. The number of methoxy groups -OCH3 is 1. The van der Waals surface area contributed by atoms with E-state index < -0.39 is 6.04 Å². The number of carbonyl (C=O) groups is 1. The van der Waals surface area contributed by atoms with Gasteiger partial charge in [0.15, 0.2) is 11.9 Å². The van der Waals surface area contributed by atoms with Crippen LogP contribution in [-0.2, 0) is 14.3 Å². The van der Waals surface area contributed by atoms with Crippen LogP contribution in [0.5, 0.6) is 0 Å². The van der Waals surface area contributed by atoms with E-state index >= 15 is 0 Å². The van der Waals surface area contributed by atoms with Gasteiger partial charge < -0.3 is 14.4 Å². The van der Waals surface area contributed by atoms with Crippen molar-refractivity contribution in [3.63, 3.8) is 0 Å². The fourth-order valence-corrected chi connectivity index (χ4v) is 3.25. The van der Waals surface area contributed by atoms with E-state index in [1.165, 1.54) is 7.11 Å². The first-order valence-electron chi connectivity index (χ1n) is 8.20. The number of pyridine rings is 1. The average Bonchev–Trinajstić information content (AvgIpc) is 3.07. The van der Waals surface area contributed by atoms with Crippen molar-refractivity contribution in [3.05, 3.63) is 47.7 Å². The summed E-state index contributed by atoms with van der Waals surface area (Å²) in [6.07, 6.45) is 3.47. The van der Waals surface area contributed by atoms with Gasteiger partial charge in [0.1, 0.15) is 0 Å². The zero-order chi connectivity index (χ0) is 18.1. The summed E-state index contributed by atoms with van der Waals surface area (Å²) in [5, 5.41) is 6.34. The summed E-state index contributed by atoms with van der Waals surface area (Å²) in [6, 6.07) is 8.77. The Morgan fingerprint density at radius 1 is 1.31 bits per heavy atom. The van der Waals surface area contributed by atoms with E-state index in [1.54, 1.807) is 17.1 Å². The van der Waals surface area contributed by atoms with Gasteiger partial charge in [0, 0.05) is 23.2 Å². The highest BCUT2D eigenvalue weighted by atomic mass is 35.5. The third-order valence-corrected chi connectivity index (χ3v) is 4.66. The highest BCUT2D eigenvalue weighted by Crippen LogP contribution is 2.30. The molecule has 0 saturated carbocycles. The summed E-state index contributed by atoms with van der Waals surface area (Å²) >= 11 is 6.00. The van der Waals surface area contributed by atoms with Gasteiger partial charge in [-0.3, -0.25) is 4.98 Å². The van der Waals surface area contributed by atoms with E-state index in [1.807, 2.05) is 35.2 Å². The first-order chi connectivity index (χ1) is 12.7. The third kappa shape index (κ3) is 2.89. The lowest BCUT2D eigenvalue weighted by molar-refractivity contribution is -0.144. The smallest absolute Gasteiger partial charge is 0.330 e. The van der Waals surface area contributed by atoms with E-state index in [0.29, 0.717) is 24.0 Å². The molecule has 0 spiro atoms. The molecular formula is C18H17ClN4O3. The van der Waals surface area contributed by atoms with Gasteiger partial charge >= 0.3 is 5.97 Å². The maximum atomic E-state index is 12.2. The molecule has 3 aromatic rings. The summed E-state index contributed by atoms with van der Waals surface area (Å²) < 4.78 is 12.2. The number of esters is 1. The van der Waals surface area contributed by atoms with E-state index in [2.05, 4.69) is 4.98 Å². The monoisotopic (exact) mass is 372 g/mol. The van der Waals surface area contributed by atoms with Crippen LogP contribution in [0.3, 0.4) is 0 Å². The molecule has 0 aliphatic carbocycles. The number of ether oxygens (including phenoxy) is 2. The van der Waals surface area contributed by atoms with Gasteiger partial charge in [-0.1, -0.05) is 11.6 Å². The van der Waals surface area contributed by atoms with Crippen molar-refractivity contribution < 1.29 is 14.3 Å². The maximum Gasteiger partial charge on any atom is 0.330 e. The second-order valence-corrected chi connectivity index (χ2v) is 6.35. The molecule has 134 valence electrons. The van der Waals surface area contributed by atoms with Gasteiger partial charge in [-0.25, -0.2) is 9.48 Å². The van der Waals surface area contributed by atoms with Crippen LogP contribution in [-0.4, -0.2) is 53.6 Å². The predicted molar refractivity (Wildman–Crippen MR) is 97.8 cm³/mol. The van der Waals surface area contributed by atoms with Gasteiger partial charge in [-0.2, -0.15) is 0 Å². The van der Waals surface area contributed by atoms with Crippen LogP contribution >= 0.6 is 11.6 Å². The Kier molecular flexibility index (Phi) is 4.48. The van der Waals surface area contributed by atoms with Crippen LogP contribution in [0.4, 0.5) is 5.82 Å². The number of hydrogen-bond acceptors (Lipinski definition) is 6. The standard InChI is InChI=1S/C18H17ClN4O3/c1-25-18(24)16-11-26-9-8-22(16)17-14-6-7-20-10-15(14)23(21-17)13-4-2-12(19)3-5-13/h2-7,10,16H,8-9,11H2,1H3/t16-/m1/s1. The topological polar surface area (TPSA) is 69.5 Å². The first kappa shape index (κ1) is 16.8. The zero-order valence-corrected chi connectivity index (χ0v) is 14.9. The normalized spacial score (nSPS) is 17.5. The van der Waals surface area contributed by atoms with Gasteiger partial charge in [-0.05, 0) is 30.3 Å². The summed E-state index contributed by atoms with van der Waals surface area (Å²) in [6.45, 7) is 1.34. The van der Waals surface area contributed by atoms with Crippen molar-refractivity contribution >= 4 is 34.3 Å². The number of hydrogen-bond donors (Lipinski definition) is 0. The van der Waals surface area contributed by atoms with Gasteiger partial charge in [0.2, 0.25) is 0 Å². The van der Waals surface area contributed by atoms with Crippen LogP contribution in [0.15, 0.2) is 42.7 Å². The molecule has 3 heterocycles. The highest BCUT2D eigenvalue weighted by molar-refractivity contribution is 6.30. The van der Waals surface area contributed by atoms with Crippen molar-refractivity contribution in [2.45, 2.75) is 6.04 Å². The largest absolute Gasteiger partial charge is 0.467 e. The molecule has 2 aromatic heterocycles. The lowest BCUT2D eigenvalue weighted by atomic mass is 10.2. The number of nitrogens with zero attached hydrogens (tertiary/aromatic N) is 4. The number of benzene rings is 1. The number of aromatic nitrogens is 3. The Morgan fingerprint density at radius 3 is 2.88 bits per heavy atom. The Morgan fingerprint density at radius 2 is 2.12 bits per heavy atom. The number of carbonyl (C=O) groups excluding carboxylic acids is 1. The van der Waals surface area contributed by atoms with Crippen LogP contribution in [0.1, 0.15) is 0 Å². The molecule has 0 bridgehead atoms. The fraction of sp³-hybridized carbons (Fsp3) is 0.278. The molecule has 1 fully saturated rings. The third-order valence-electron chi connectivity index (χ3n) is 4.41. The molecule has 1 aliphatic heterocycles. The maximum absolute atomic E-state index is 12.2. The van der Waals surface area contributed by atoms with Gasteiger partial charge in [-0.15, -0.1) is 5.10 Å². The first-order valence-corrected chi connectivity index (χ1v) is 8.58. The number of halogens is 1. The van der Waals surface area contributed by atoms with Gasteiger partial charge in [0.25, 0.3) is 0 Å². The molecular weight excluding hydrogens is 356 g/mol. The molecule has 4 rings (SSSR count). The van der Waals surface area contributed by atoms with Gasteiger partial charge in [0.05, 0.1) is 37.7 Å². The summed E-state index contributed by atoms with van der Waals surface area (Å²) in [4.78, 5) is 18.4. The zero-order valence-electron chi connectivity index (χ0n) is 14.1. The van der Waals surface area contributed by atoms with Crippen molar-refractivity contribution in [1.82, 2.24) is 14.8 Å². The average molecular weight is 373 g/mol. The molecule has 1 aliphatic rings. The molecule has 0 radical (unpaired) electrons. The Bertz CT molecular complexity index is 941. The molecule has 0 amide bonds. The predicted octanol–water partition coefficient (Wildman–Crippen LogP) is 2.45. The van der Waals surface area contributed by atoms with Crippen molar-refractivity contribution in [3.8, 4) is 5.69 Å². The summed E-state index contributed by atoms with van der Waals surface area (Å²) in [7, 11) is 1.38. The summed E-state index contributed by atoms with van der Waals surface area (Å²) in [5.74, 6) is 0.365. The van der Waals surface area contributed by atoms with Crippen molar-refractivity contribution in [1.29, 1.82) is 0 Å². The van der Waals surface area contributed by atoms with Crippen LogP contribution in [0.2, 0.25) is 5.02 Å². The SMILES string of the molecule is COC(=O)[C@H]1COCCN1c1nn(-c2ccc(Cl)cc2)c2cnccc12. The van der Waals surface area contributed by atoms with E-state index in [-0.39, 0.29) is 12.6 Å². The quantitative estimate of drug-likeness (QED) is 0.658. The molecule has 8 heteroatoms. The number of rotatable bonds is 3. The summed E-state index contributed by atoms with van der Waals surface area (Å²) in [5.41, 5.74) is 1.71. The lowest BCUT2D eigenvalue weighted by Crippen LogP contribution is -2.50. The van der Waals surface area contributed by atoms with Crippen LogP contribution < -0.4 is 4.90 Å². The molecule has 1 aromatic carbocycles. The number of anilines is 1. The minimum Gasteiger partial charge on any atom is -0.467 e. The molecule has 0 unspecified atom stereocenters. The van der Waals surface area contributed by atoms with Crippen LogP contribution in [0, 0.1) is 0 Å². The second-order valence-electron chi connectivity index (χ2n) is 5.91. The van der Waals surface area contributed by atoms with E-state index in [9.17, 15) is 4.79 Å². The minimum absolute atomic E-state index is 0.271. The Labute approximate surface area is 155 Å². The molecule has 26 heavy (non-hydrogen) atoms. The molecule has 1 atom stereocenters. The van der Waals surface area contributed by atoms with Crippen molar-refractivity contribution in [2.24, 2.45) is 0 Å². The lowest BCUT2D eigenvalue weighted by Gasteiger charge is -2.33. The number of morpholine rings is 1. The molecule has 7 nitrogen and oxygen atoms in total. The van der Waals surface area contributed by atoms with Crippen molar-refractivity contribution in [2.75, 3.05) is 31.8 Å². The second kappa shape index (κ2) is 6.93. The minimum atomic E-state index is -0.529. The van der Waals surface area contributed by atoms with E-state index in [4.69, 9.17) is 26.2 Å². The Balaban J connectivity index is 1.85. The van der Waals surface area contributed by atoms with E-state index in [0.717, 1.165) is 16.6 Å². The number of fused-ring (bicyclic) bond motifs is 1.